The van der Waals surface area contributed by atoms with Crippen molar-refractivity contribution in [3.05, 3.63) is 29.8 Å². The van der Waals surface area contributed by atoms with Crippen LogP contribution in [0.5, 0.6) is 5.75 Å². The minimum atomic E-state index is -4.15. The fourth-order valence-corrected chi connectivity index (χ4v) is 1.29. The molecule has 0 aliphatic heterocycles. The van der Waals surface area contributed by atoms with Crippen molar-refractivity contribution in [2.24, 2.45) is 0 Å². The van der Waals surface area contributed by atoms with Gasteiger partial charge in [-0.3, -0.25) is 0 Å². The molecule has 5 heteroatoms. The summed E-state index contributed by atoms with van der Waals surface area (Å²) < 4.78 is 41.0. The lowest BCUT2D eigenvalue weighted by Crippen LogP contribution is -2.10. The maximum Gasteiger partial charge on any atom is 0.389 e. The molecule has 0 atom stereocenters. The third kappa shape index (κ3) is 5.60. The van der Waals surface area contributed by atoms with Gasteiger partial charge in [0.15, 0.2) is 0 Å². The summed E-state index contributed by atoms with van der Waals surface area (Å²) in [5.74, 6) is 5.57. The predicted molar refractivity (Wildman–Crippen MR) is 61.2 cm³/mol. The number of hydrogen-bond donors (Lipinski definition) is 1. The van der Waals surface area contributed by atoms with Crippen molar-refractivity contribution < 1.29 is 23.0 Å². The Kier molecular flexibility index (Phi) is 5.53. The summed E-state index contributed by atoms with van der Waals surface area (Å²) in [6.07, 6.45) is -5.11. The van der Waals surface area contributed by atoms with Gasteiger partial charge in [-0.15, -0.1) is 0 Å². The highest BCUT2D eigenvalue weighted by Crippen LogP contribution is 2.22. The zero-order valence-corrected chi connectivity index (χ0v) is 9.63. The molecule has 0 heterocycles. The Balaban J connectivity index is 2.52. The van der Waals surface area contributed by atoms with E-state index in [1.807, 2.05) is 0 Å². The first-order chi connectivity index (χ1) is 8.53. The number of aliphatic hydroxyl groups is 1. The normalized spacial score (nSPS) is 10.7. The van der Waals surface area contributed by atoms with Gasteiger partial charge in [0, 0.05) is 6.42 Å². The third-order valence-electron chi connectivity index (χ3n) is 2.05. The van der Waals surface area contributed by atoms with Crippen LogP contribution < -0.4 is 4.74 Å². The minimum Gasteiger partial charge on any atom is -0.492 e. The largest absolute Gasteiger partial charge is 0.492 e. The van der Waals surface area contributed by atoms with Crippen LogP contribution in [-0.4, -0.2) is 24.5 Å². The van der Waals surface area contributed by atoms with E-state index in [-0.39, 0.29) is 19.6 Å². The van der Waals surface area contributed by atoms with Gasteiger partial charge in [-0.1, -0.05) is 24.0 Å². The van der Waals surface area contributed by atoms with Gasteiger partial charge in [-0.05, 0) is 18.6 Å². The standard InChI is InChI=1S/C13H13F3O2/c14-13(15,16)8-4-10-18-12-7-2-1-5-11(12)6-3-9-17/h1-2,5,7,17H,4,8-10H2. The first kappa shape index (κ1) is 14.4. The number of benzene rings is 1. The molecule has 0 aliphatic carbocycles. The second kappa shape index (κ2) is 6.92. The topological polar surface area (TPSA) is 29.5 Å². The number of hydrogen-bond acceptors (Lipinski definition) is 2. The van der Waals surface area contributed by atoms with Crippen molar-refractivity contribution in [1.29, 1.82) is 0 Å². The van der Waals surface area contributed by atoms with E-state index >= 15 is 0 Å². The maximum absolute atomic E-state index is 11.9. The zero-order chi connectivity index (χ0) is 13.4. The maximum atomic E-state index is 11.9. The summed E-state index contributed by atoms with van der Waals surface area (Å²) in [5.41, 5.74) is 0.554. The quantitative estimate of drug-likeness (QED) is 0.664. The van der Waals surface area contributed by atoms with E-state index in [4.69, 9.17) is 9.84 Å². The van der Waals surface area contributed by atoms with E-state index in [2.05, 4.69) is 11.8 Å². The van der Waals surface area contributed by atoms with Crippen LogP contribution in [-0.2, 0) is 0 Å². The second-order valence-electron chi connectivity index (χ2n) is 3.52. The molecule has 1 aromatic carbocycles. The van der Waals surface area contributed by atoms with Crippen LogP contribution >= 0.6 is 0 Å². The van der Waals surface area contributed by atoms with E-state index in [9.17, 15) is 13.2 Å². The fourth-order valence-electron chi connectivity index (χ4n) is 1.29. The fraction of sp³-hybridized carbons (Fsp3) is 0.385. The van der Waals surface area contributed by atoms with Gasteiger partial charge in [0.2, 0.25) is 0 Å². The summed E-state index contributed by atoms with van der Waals surface area (Å²) in [6, 6.07) is 6.77. The van der Waals surface area contributed by atoms with E-state index in [1.165, 1.54) is 0 Å². The highest BCUT2D eigenvalue weighted by molar-refractivity contribution is 5.45. The van der Waals surface area contributed by atoms with Gasteiger partial charge in [0.05, 0.1) is 12.2 Å². The van der Waals surface area contributed by atoms with Gasteiger partial charge in [0.1, 0.15) is 12.4 Å². The van der Waals surface area contributed by atoms with Crippen LogP contribution in [0.15, 0.2) is 24.3 Å². The van der Waals surface area contributed by atoms with Crippen molar-refractivity contribution in [2.75, 3.05) is 13.2 Å². The molecule has 0 radical (unpaired) electrons. The molecule has 0 fully saturated rings. The van der Waals surface area contributed by atoms with Crippen LogP contribution in [0.3, 0.4) is 0 Å². The number of halogens is 3. The average molecular weight is 258 g/mol. The Morgan fingerprint density at radius 3 is 2.61 bits per heavy atom. The minimum absolute atomic E-state index is 0.0165. The Bertz CT molecular complexity index is 430. The summed E-state index contributed by atoms with van der Waals surface area (Å²) in [5, 5.41) is 8.58. The molecule has 0 saturated carbocycles. The summed E-state index contributed by atoms with van der Waals surface area (Å²) in [4.78, 5) is 0. The van der Waals surface area contributed by atoms with Crippen molar-refractivity contribution >= 4 is 0 Å². The Morgan fingerprint density at radius 2 is 1.94 bits per heavy atom. The molecule has 0 unspecified atom stereocenters. The van der Waals surface area contributed by atoms with Crippen LogP contribution in [0, 0.1) is 11.8 Å². The molecule has 1 rings (SSSR count). The van der Waals surface area contributed by atoms with E-state index in [0.29, 0.717) is 11.3 Å². The summed E-state index contributed by atoms with van der Waals surface area (Å²) in [7, 11) is 0. The molecule has 1 N–H and O–H groups in total. The molecule has 18 heavy (non-hydrogen) atoms. The lowest BCUT2D eigenvalue weighted by Gasteiger charge is -2.09. The highest BCUT2D eigenvalue weighted by Gasteiger charge is 2.26. The molecule has 0 bridgehead atoms. The Hall–Kier alpha value is -1.67. The molecule has 2 nitrogen and oxygen atoms in total. The van der Waals surface area contributed by atoms with E-state index < -0.39 is 12.6 Å². The molecule has 0 aliphatic rings. The van der Waals surface area contributed by atoms with Gasteiger partial charge < -0.3 is 9.84 Å². The van der Waals surface area contributed by atoms with Crippen molar-refractivity contribution in [3.63, 3.8) is 0 Å². The summed E-state index contributed by atoms with van der Waals surface area (Å²) in [6.45, 7) is -0.292. The zero-order valence-electron chi connectivity index (χ0n) is 9.63. The number of ether oxygens (including phenoxy) is 1. The molecule has 0 amide bonds. The monoisotopic (exact) mass is 258 g/mol. The number of para-hydroxylation sites is 1. The van der Waals surface area contributed by atoms with E-state index in [1.54, 1.807) is 24.3 Å². The highest BCUT2D eigenvalue weighted by atomic mass is 19.4. The van der Waals surface area contributed by atoms with Crippen LogP contribution in [0.4, 0.5) is 13.2 Å². The average Bonchev–Trinajstić information content (AvgIpc) is 2.32. The Morgan fingerprint density at radius 1 is 1.22 bits per heavy atom. The second-order valence-corrected chi connectivity index (χ2v) is 3.52. The molecule has 98 valence electrons. The number of aliphatic hydroxyl groups excluding tert-OH is 1. The van der Waals surface area contributed by atoms with Crippen LogP contribution in [0.1, 0.15) is 18.4 Å². The lowest BCUT2D eigenvalue weighted by molar-refractivity contribution is -0.136. The van der Waals surface area contributed by atoms with Gasteiger partial charge in [0.25, 0.3) is 0 Å². The molecular weight excluding hydrogens is 245 g/mol. The molecule has 0 aromatic heterocycles. The molecule has 0 saturated heterocycles. The third-order valence-corrected chi connectivity index (χ3v) is 2.05. The van der Waals surface area contributed by atoms with Gasteiger partial charge >= 0.3 is 6.18 Å². The Labute approximate surface area is 103 Å². The lowest BCUT2D eigenvalue weighted by atomic mass is 10.2. The predicted octanol–water partition coefficient (Wildman–Crippen LogP) is 2.75. The molecule has 0 spiro atoms. The summed E-state index contributed by atoms with van der Waals surface area (Å²) >= 11 is 0. The number of rotatable bonds is 4. The van der Waals surface area contributed by atoms with Gasteiger partial charge in [-0.25, -0.2) is 0 Å². The molecule has 1 aromatic rings. The first-order valence-corrected chi connectivity index (χ1v) is 5.41. The number of alkyl halides is 3. The molecular formula is C13H13F3O2. The van der Waals surface area contributed by atoms with Crippen LogP contribution in [0.25, 0.3) is 0 Å². The SMILES string of the molecule is OCC#Cc1ccccc1OCCCC(F)(F)F. The van der Waals surface area contributed by atoms with Crippen LogP contribution in [0.2, 0.25) is 0 Å². The first-order valence-electron chi connectivity index (χ1n) is 5.41. The smallest absolute Gasteiger partial charge is 0.389 e. The van der Waals surface area contributed by atoms with Crippen molar-refractivity contribution in [3.8, 4) is 17.6 Å². The van der Waals surface area contributed by atoms with Crippen molar-refractivity contribution in [2.45, 2.75) is 19.0 Å². The van der Waals surface area contributed by atoms with E-state index in [0.717, 1.165) is 0 Å². The van der Waals surface area contributed by atoms with Gasteiger partial charge in [-0.2, -0.15) is 13.2 Å². The van der Waals surface area contributed by atoms with Crippen molar-refractivity contribution in [1.82, 2.24) is 0 Å².